The van der Waals surface area contributed by atoms with Crippen molar-refractivity contribution in [3.05, 3.63) is 140 Å². The predicted molar refractivity (Wildman–Crippen MR) is 303 cm³/mol. The Hall–Kier alpha value is -2.88. The number of ketones is 2. The molecule has 0 heterocycles. The van der Waals surface area contributed by atoms with E-state index in [-0.39, 0.29) is 149 Å². The first-order chi connectivity index (χ1) is 37.3. The Balaban J connectivity index is 0.000000284. The average molecular weight is 1440 g/mol. The monoisotopic (exact) mass is 1440 g/mol. The van der Waals surface area contributed by atoms with E-state index in [9.17, 15) is 36.7 Å². The smallest absolute Gasteiger partial charge is 1.00 e. The summed E-state index contributed by atoms with van der Waals surface area (Å²) in [5, 5.41) is 0. The van der Waals surface area contributed by atoms with E-state index < -0.39 is 46.1 Å². The van der Waals surface area contributed by atoms with E-state index in [1.807, 2.05) is 0 Å². The summed E-state index contributed by atoms with van der Waals surface area (Å²) in [4.78, 5) is 46.1. The van der Waals surface area contributed by atoms with E-state index in [1.165, 1.54) is 36.5 Å². The second-order valence-electron chi connectivity index (χ2n) is 27.2. The molecule has 462 valence electrons. The molecular formula is C66H85ClF4I2NaO9S-3. The summed E-state index contributed by atoms with van der Waals surface area (Å²) >= 11 is -0.141. The van der Waals surface area contributed by atoms with E-state index in [2.05, 4.69) is 180 Å². The van der Waals surface area contributed by atoms with Crippen molar-refractivity contribution in [3.63, 3.8) is 0 Å². The van der Waals surface area contributed by atoms with Crippen LogP contribution < -0.4 is 84.4 Å². The molecule has 0 radical (unpaired) electrons. The minimum Gasteiger partial charge on any atom is -1.00 e. The molecule has 0 amide bonds. The molecule has 4 aromatic carbocycles. The van der Waals surface area contributed by atoms with Crippen LogP contribution in [0, 0.1) is 56.2 Å². The molecule has 0 spiro atoms. The van der Waals surface area contributed by atoms with Crippen LogP contribution in [0.4, 0.5) is 17.6 Å². The van der Waals surface area contributed by atoms with Gasteiger partial charge in [-0.1, -0.05) is 7.43 Å². The van der Waals surface area contributed by atoms with Crippen LogP contribution in [0.1, 0.15) is 184 Å². The minimum atomic E-state index is -3.45. The maximum Gasteiger partial charge on any atom is 1.00 e. The Morgan fingerprint density at radius 1 is 0.476 bits per heavy atom. The van der Waals surface area contributed by atoms with E-state index in [0.29, 0.717) is 57.3 Å². The van der Waals surface area contributed by atoms with Gasteiger partial charge in [-0.25, -0.2) is 4.79 Å². The van der Waals surface area contributed by atoms with Gasteiger partial charge in [0.2, 0.25) is 5.97 Å². The molecule has 84 heavy (non-hydrogen) atoms. The standard InChI is InChI=1S/2C20H26I.C13H16F2O3.C12H13F2O3.CH4.ClH.Na.O3S/c2*1-19(2,3)15-7-11-17(12-8-15)21-18-13-9-16(10-14-18)20(4,5)6;1-12(14,15)11(17)18-13-4-7-2-8(5-13)10(16)9(3-7)6-13;13-10(14)11(16)17-12-3-6-1-7(4-12)9(15)8(2-6)5-12;;;;1-4(2)3/h2*7-14H,1-6H3;7-9H,2-6H2,1H3;6-8H,1-5H2;1H4;1H;;/q2*-1;;-1;;;+1;/p-1. The molecule has 9 nitrogen and oxygen atoms in total. The van der Waals surface area contributed by atoms with Gasteiger partial charge in [-0.3, -0.25) is 14.4 Å². The molecule has 18 heteroatoms. The first kappa shape index (κ1) is 75.4. The van der Waals surface area contributed by atoms with Gasteiger partial charge in [0.25, 0.3) is 0 Å². The number of esters is 2. The summed E-state index contributed by atoms with van der Waals surface area (Å²) in [7, 11) is -3.11. The molecule has 0 aromatic heterocycles. The summed E-state index contributed by atoms with van der Waals surface area (Å²) < 4.78 is 91.6. The maximum absolute atomic E-state index is 12.9. The Labute approximate surface area is 548 Å². The van der Waals surface area contributed by atoms with Crippen molar-refractivity contribution < 1.29 is 143 Å². The van der Waals surface area contributed by atoms with Crippen molar-refractivity contribution in [3.8, 4) is 0 Å². The Morgan fingerprint density at radius 3 is 0.905 bits per heavy atom. The quantitative estimate of drug-likeness (QED) is 0.0859. The third-order valence-corrected chi connectivity index (χ3v) is 21.7. The Morgan fingerprint density at radius 2 is 0.702 bits per heavy atom. The largest absolute Gasteiger partial charge is 1.00 e. The van der Waals surface area contributed by atoms with E-state index in [4.69, 9.17) is 22.1 Å². The zero-order chi connectivity index (χ0) is 60.3. The molecule has 4 aromatic rings. The number of hydrogen-bond acceptors (Lipinski definition) is 9. The molecule has 8 saturated carbocycles. The van der Waals surface area contributed by atoms with Gasteiger partial charge in [-0.15, -0.1) is 12.6 Å². The van der Waals surface area contributed by atoms with Crippen molar-refractivity contribution >= 4 is 34.1 Å². The van der Waals surface area contributed by atoms with Crippen LogP contribution in [0.3, 0.4) is 0 Å². The number of Topliss-reactive ketones (excluding diaryl/α,β-unsaturated/α-hetero) is 2. The second kappa shape index (κ2) is 30.1. The predicted octanol–water partition coefficient (Wildman–Crippen LogP) is 2.90. The fourth-order valence-electron chi connectivity index (χ4n) is 12.4. The summed E-state index contributed by atoms with van der Waals surface area (Å²) in [5.74, 6) is -5.49. The fourth-order valence-corrected chi connectivity index (χ4v) is 16.7. The van der Waals surface area contributed by atoms with Gasteiger partial charge in [0.1, 0.15) is 22.8 Å². The third-order valence-electron chi connectivity index (χ3n) is 16.3. The summed E-state index contributed by atoms with van der Waals surface area (Å²) in [6.45, 7) is 27.8. The molecule has 8 fully saturated rings. The minimum absolute atomic E-state index is 0. The zero-order valence-corrected chi connectivity index (χ0v) is 58.4. The van der Waals surface area contributed by atoms with E-state index >= 15 is 0 Å². The van der Waals surface area contributed by atoms with Crippen molar-refractivity contribution in [2.45, 2.75) is 200 Å². The molecule has 0 N–H and O–H groups in total. The van der Waals surface area contributed by atoms with Crippen LogP contribution in [-0.2, 0) is 60.9 Å². The number of halogens is 7. The van der Waals surface area contributed by atoms with Crippen LogP contribution in [0.15, 0.2) is 97.1 Å². The van der Waals surface area contributed by atoms with Gasteiger partial charge in [0, 0.05) is 37.0 Å². The number of carbonyl (C=O) groups excluding carboxylic acids is 4. The molecule has 8 aliphatic carbocycles. The number of benzene rings is 4. The van der Waals surface area contributed by atoms with Crippen LogP contribution in [0.2, 0.25) is 0 Å². The molecule has 0 saturated heterocycles. The van der Waals surface area contributed by atoms with Crippen LogP contribution in [0.25, 0.3) is 0 Å². The van der Waals surface area contributed by atoms with Crippen molar-refractivity contribution in [2.24, 2.45) is 35.5 Å². The summed E-state index contributed by atoms with van der Waals surface area (Å²) in [6, 6.07) is 36.8. The number of hydrogen-bond donors (Lipinski definition) is 0. The first-order valence-corrected chi connectivity index (χ1v) is 33.2. The van der Waals surface area contributed by atoms with Crippen molar-refractivity contribution in [1.29, 1.82) is 0 Å². The van der Waals surface area contributed by atoms with Gasteiger partial charge in [-0.2, -0.15) is 8.78 Å². The third kappa shape index (κ3) is 21.1. The van der Waals surface area contributed by atoms with Crippen LogP contribution in [0.5, 0.6) is 0 Å². The summed E-state index contributed by atoms with van der Waals surface area (Å²) in [5.41, 5.74) is 5.05. The topological polar surface area (TPSA) is 138 Å². The van der Waals surface area contributed by atoms with Gasteiger partial charge in [0.05, 0.1) is 0 Å². The Bertz CT molecular complexity index is 2700. The van der Waals surface area contributed by atoms with E-state index in [1.54, 1.807) is 0 Å². The first-order valence-electron chi connectivity index (χ1n) is 27.9. The number of rotatable bonds is 8. The van der Waals surface area contributed by atoms with E-state index in [0.717, 1.165) is 25.7 Å². The van der Waals surface area contributed by atoms with Crippen molar-refractivity contribution in [2.75, 3.05) is 0 Å². The second-order valence-corrected chi connectivity index (χ2v) is 33.7. The maximum atomic E-state index is 12.9. The number of carbonyl (C=O) groups is 4. The van der Waals surface area contributed by atoms with Crippen LogP contribution in [-0.4, -0.2) is 53.3 Å². The average Bonchev–Trinajstić information content (AvgIpc) is 1.20. The number of alkyl halides is 2. The molecular weight excluding hydrogens is 1360 g/mol. The molecule has 8 bridgehead atoms. The molecule has 4 atom stereocenters. The molecule has 12 rings (SSSR count). The fraction of sp³-hybridized carbons (Fsp3) is 0.561. The number of ether oxygens (including phenoxy) is 2. The summed E-state index contributed by atoms with van der Waals surface area (Å²) in [6.07, 6.45) is 4.15. The van der Waals surface area contributed by atoms with Crippen molar-refractivity contribution in [1.82, 2.24) is 0 Å². The van der Waals surface area contributed by atoms with Gasteiger partial charge in [0.15, 0.2) is 0 Å². The molecule has 8 aliphatic rings. The normalized spacial score (nSPS) is 24.3. The van der Waals surface area contributed by atoms with Gasteiger partial charge < -0.3 is 30.7 Å². The van der Waals surface area contributed by atoms with Gasteiger partial charge >= 0.3 is 333 Å². The van der Waals surface area contributed by atoms with Gasteiger partial charge in [-0.05, 0) is 76.0 Å². The SMILES string of the molecule is C.CC(C)(C)c1ccc([I-]c2ccc(C(C)(C)C)cc2)cc1.CC(C)(C)c1ccc([I-]c2ccc(C(C)(C)C)cc2)cc1.CC(F)(F)C(=O)OC12CC3CC(C1)C(=O)C(C3)C2.O=C(OC12CC3CC(C1)C(=O)C(C3)C2)[C-](F)F.O=S(=O)=O.[Cl-].[Na+]. The Kier molecular flexibility index (Phi) is 27.0. The molecule has 4 unspecified atom stereocenters. The van der Waals surface area contributed by atoms with Crippen LogP contribution >= 0.6 is 0 Å². The molecule has 0 aliphatic heterocycles. The zero-order valence-electron chi connectivity index (χ0n) is 50.5.